The van der Waals surface area contributed by atoms with Gasteiger partial charge in [-0.25, -0.2) is 0 Å². The second-order valence-electron chi connectivity index (χ2n) is 7.97. The third-order valence-corrected chi connectivity index (χ3v) is 5.92. The molecule has 0 unspecified atom stereocenters. The van der Waals surface area contributed by atoms with Crippen molar-refractivity contribution in [3.63, 3.8) is 0 Å². The number of carbonyl (C=O) groups is 1. The molecule has 10 N–H and O–H groups in total. The molecule has 0 aromatic heterocycles. The number of phenolic OH excluding ortho intramolecular Hbond substituents is 1. The normalized spacial score (nSPS) is 38.6. The number of aromatic hydroxyl groups is 1. The monoisotopic (exact) mass is 411 g/mol. The third-order valence-electron chi connectivity index (χ3n) is 5.92. The number of carbonyl (C=O) groups excluding carboxylic acids is 1. The summed E-state index contributed by atoms with van der Waals surface area (Å²) >= 11 is 0. The summed E-state index contributed by atoms with van der Waals surface area (Å²) in [5.41, 5.74) is 11.5. The first-order valence-corrected chi connectivity index (χ1v) is 9.59. The minimum atomic E-state index is -1.47. The van der Waals surface area contributed by atoms with Crippen LogP contribution in [0.4, 0.5) is 0 Å². The van der Waals surface area contributed by atoms with E-state index in [4.69, 9.17) is 16.2 Å². The Bertz CT molecular complexity index is 718. The molecule has 0 bridgehead atoms. The van der Waals surface area contributed by atoms with Gasteiger partial charge in [-0.3, -0.25) is 4.79 Å². The van der Waals surface area contributed by atoms with Gasteiger partial charge in [0.2, 0.25) is 5.91 Å². The van der Waals surface area contributed by atoms with Gasteiger partial charge in [-0.2, -0.15) is 0 Å². The topological polar surface area (TPSA) is 192 Å². The van der Waals surface area contributed by atoms with Gasteiger partial charge in [0.25, 0.3) is 0 Å². The van der Waals surface area contributed by atoms with Gasteiger partial charge in [-0.05, 0) is 30.5 Å². The van der Waals surface area contributed by atoms with Crippen LogP contribution in [0.5, 0.6) is 5.75 Å². The van der Waals surface area contributed by atoms with E-state index in [2.05, 4.69) is 5.32 Å². The van der Waals surface area contributed by atoms with Gasteiger partial charge in [0.1, 0.15) is 29.7 Å². The summed E-state index contributed by atoms with van der Waals surface area (Å²) in [7, 11) is 0. The summed E-state index contributed by atoms with van der Waals surface area (Å²) in [6.07, 6.45) is -4.89. The lowest BCUT2D eigenvalue weighted by Gasteiger charge is -2.53. The minimum Gasteiger partial charge on any atom is -0.508 e. The largest absolute Gasteiger partial charge is 0.508 e. The SMILES string of the molecule is N[C@@H](Cc1ccc(O)cc1)C(=O)N[C@@H]1C[C@H](N)[C@@]2(C[C@H](O)[C@H](O)CO2)[C@H](O)[C@H]1O. The van der Waals surface area contributed by atoms with E-state index in [1.54, 1.807) is 12.1 Å². The van der Waals surface area contributed by atoms with Gasteiger partial charge in [0.15, 0.2) is 0 Å². The lowest BCUT2D eigenvalue weighted by molar-refractivity contribution is -0.249. The Morgan fingerprint density at radius 1 is 1.21 bits per heavy atom. The highest BCUT2D eigenvalue weighted by molar-refractivity contribution is 5.82. The molecule has 1 saturated heterocycles. The van der Waals surface area contributed by atoms with Gasteiger partial charge in [0.05, 0.1) is 24.8 Å². The lowest BCUT2D eigenvalue weighted by atomic mass is 9.70. The van der Waals surface area contributed by atoms with Crippen molar-refractivity contribution in [2.24, 2.45) is 11.5 Å². The van der Waals surface area contributed by atoms with Crippen LogP contribution in [0.15, 0.2) is 24.3 Å². The fraction of sp³-hybridized carbons (Fsp3) is 0.632. The molecule has 1 saturated carbocycles. The predicted molar refractivity (Wildman–Crippen MR) is 102 cm³/mol. The fourth-order valence-corrected chi connectivity index (χ4v) is 4.09. The van der Waals surface area contributed by atoms with E-state index in [0.717, 1.165) is 5.56 Å². The number of ether oxygens (including phenoxy) is 1. The molecule has 1 heterocycles. The molecule has 1 aliphatic heterocycles. The van der Waals surface area contributed by atoms with Crippen LogP contribution in [-0.4, -0.2) is 86.2 Å². The summed E-state index contributed by atoms with van der Waals surface area (Å²) < 4.78 is 5.57. The Hall–Kier alpha value is -1.79. The number of nitrogens with two attached hydrogens (primary N) is 2. The molecule has 0 radical (unpaired) electrons. The summed E-state index contributed by atoms with van der Waals surface area (Å²) in [5.74, 6) is -0.408. The van der Waals surface area contributed by atoms with Crippen LogP contribution >= 0.6 is 0 Å². The minimum absolute atomic E-state index is 0.0959. The molecule has 3 rings (SSSR count). The van der Waals surface area contributed by atoms with Gasteiger partial charge >= 0.3 is 0 Å². The summed E-state index contributed by atoms with van der Waals surface area (Å²) in [6.45, 7) is -0.215. The molecule has 10 heteroatoms. The molecule has 29 heavy (non-hydrogen) atoms. The van der Waals surface area contributed by atoms with Gasteiger partial charge in [-0.1, -0.05) is 12.1 Å². The van der Waals surface area contributed by atoms with Gasteiger partial charge < -0.3 is 47.1 Å². The number of nitrogens with one attached hydrogen (secondary N) is 1. The number of phenols is 1. The molecule has 1 aliphatic carbocycles. The number of benzene rings is 1. The third kappa shape index (κ3) is 4.38. The second-order valence-corrected chi connectivity index (χ2v) is 7.97. The van der Waals surface area contributed by atoms with Crippen molar-refractivity contribution < 1.29 is 35.1 Å². The van der Waals surface area contributed by atoms with Crippen molar-refractivity contribution in [2.75, 3.05) is 6.61 Å². The number of amides is 1. The van der Waals surface area contributed by atoms with E-state index in [0.29, 0.717) is 0 Å². The van der Waals surface area contributed by atoms with Crippen LogP contribution in [0.25, 0.3) is 0 Å². The highest BCUT2D eigenvalue weighted by atomic mass is 16.5. The van der Waals surface area contributed by atoms with E-state index in [1.807, 2.05) is 0 Å². The molecule has 1 aromatic rings. The Morgan fingerprint density at radius 2 is 1.86 bits per heavy atom. The zero-order valence-electron chi connectivity index (χ0n) is 15.9. The Morgan fingerprint density at radius 3 is 2.48 bits per heavy atom. The first-order chi connectivity index (χ1) is 13.6. The van der Waals surface area contributed by atoms with E-state index in [9.17, 15) is 30.3 Å². The number of aliphatic hydroxyl groups is 4. The molecule has 1 aromatic carbocycles. The van der Waals surface area contributed by atoms with Crippen molar-refractivity contribution in [2.45, 2.75) is 67.4 Å². The molecule has 8 atom stereocenters. The van der Waals surface area contributed by atoms with Crippen LogP contribution in [0.2, 0.25) is 0 Å². The Labute approximate surface area is 168 Å². The lowest BCUT2D eigenvalue weighted by Crippen LogP contribution is -2.73. The highest BCUT2D eigenvalue weighted by Gasteiger charge is 2.57. The average Bonchev–Trinajstić information content (AvgIpc) is 2.69. The second kappa shape index (κ2) is 8.52. The van der Waals surface area contributed by atoms with Crippen molar-refractivity contribution in [3.8, 4) is 5.75 Å². The number of rotatable bonds is 4. The fourth-order valence-electron chi connectivity index (χ4n) is 4.09. The van der Waals surface area contributed by atoms with Crippen LogP contribution in [0.3, 0.4) is 0 Å². The van der Waals surface area contributed by atoms with Gasteiger partial charge in [0, 0.05) is 12.5 Å². The van der Waals surface area contributed by atoms with Crippen molar-refractivity contribution in [1.29, 1.82) is 0 Å². The maximum Gasteiger partial charge on any atom is 0.237 e. The molecular weight excluding hydrogens is 382 g/mol. The Balaban J connectivity index is 1.63. The van der Waals surface area contributed by atoms with E-state index < -0.39 is 54.0 Å². The van der Waals surface area contributed by atoms with E-state index in [1.165, 1.54) is 12.1 Å². The molecule has 1 spiro atoms. The molecule has 2 fully saturated rings. The van der Waals surface area contributed by atoms with Crippen LogP contribution in [-0.2, 0) is 16.0 Å². The Kier molecular flexibility index (Phi) is 6.44. The maximum absolute atomic E-state index is 12.5. The van der Waals surface area contributed by atoms with Gasteiger partial charge in [-0.15, -0.1) is 0 Å². The van der Waals surface area contributed by atoms with Crippen molar-refractivity contribution in [1.82, 2.24) is 5.32 Å². The summed E-state index contributed by atoms with van der Waals surface area (Å²) in [5, 5.41) is 52.8. The quantitative estimate of drug-likeness (QED) is 0.256. The number of hydrogen-bond acceptors (Lipinski definition) is 9. The number of hydrogen-bond donors (Lipinski definition) is 8. The molecule has 10 nitrogen and oxygen atoms in total. The molecular formula is C19H29N3O7. The van der Waals surface area contributed by atoms with Crippen LogP contribution in [0.1, 0.15) is 18.4 Å². The van der Waals surface area contributed by atoms with Crippen molar-refractivity contribution in [3.05, 3.63) is 29.8 Å². The molecule has 2 aliphatic rings. The zero-order chi connectivity index (χ0) is 21.3. The van der Waals surface area contributed by atoms with Crippen LogP contribution < -0.4 is 16.8 Å². The summed E-state index contributed by atoms with van der Waals surface area (Å²) in [4.78, 5) is 12.5. The average molecular weight is 411 g/mol. The highest BCUT2D eigenvalue weighted by Crippen LogP contribution is 2.38. The van der Waals surface area contributed by atoms with E-state index in [-0.39, 0.29) is 31.6 Å². The smallest absolute Gasteiger partial charge is 0.237 e. The first kappa shape index (κ1) is 21.9. The van der Waals surface area contributed by atoms with Crippen LogP contribution in [0, 0.1) is 0 Å². The van der Waals surface area contributed by atoms with E-state index >= 15 is 0 Å². The number of aliphatic hydroxyl groups excluding tert-OH is 4. The predicted octanol–water partition coefficient (Wildman–Crippen LogP) is -2.92. The summed E-state index contributed by atoms with van der Waals surface area (Å²) in [6, 6.07) is 3.75. The maximum atomic E-state index is 12.5. The molecule has 162 valence electrons. The molecule has 1 amide bonds. The zero-order valence-corrected chi connectivity index (χ0v) is 15.9. The standard InChI is InChI=1S/C19H29N3O7/c20-11(5-9-1-3-10(23)4-2-9)18(28)22-12-6-15(21)19(17(27)16(12)26)7-13(24)14(25)8-29-19/h1-4,11-17,23-27H,5-8,20-21H2,(H,22,28)/t11-,12+,13-,14+,15-,16-,17+,19-/m0/s1. The first-order valence-electron chi connectivity index (χ1n) is 9.59. The van der Waals surface area contributed by atoms with Crippen molar-refractivity contribution >= 4 is 5.91 Å².